The molecule has 1 saturated heterocycles. The summed E-state index contributed by atoms with van der Waals surface area (Å²) in [4.78, 5) is 14.9. The molecule has 1 unspecified atom stereocenters. The Kier molecular flexibility index (Phi) is 5.42. The van der Waals surface area contributed by atoms with Gasteiger partial charge in [0.1, 0.15) is 6.04 Å². The highest BCUT2D eigenvalue weighted by molar-refractivity contribution is 5.83. The van der Waals surface area contributed by atoms with Crippen LogP contribution in [0.2, 0.25) is 0 Å². The lowest BCUT2D eigenvalue weighted by molar-refractivity contribution is -0.134. The SMILES string of the molecule is O=C(C(NCCn1cccn1)c1ccccc1)N1CCCCC1. The fourth-order valence-electron chi connectivity index (χ4n) is 3.05. The van der Waals surface area contributed by atoms with Gasteiger partial charge in [0.2, 0.25) is 5.91 Å². The highest BCUT2D eigenvalue weighted by Gasteiger charge is 2.26. The van der Waals surface area contributed by atoms with Gasteiger partial charge in [0.15, 0.2) is 0 Å². The Morgan fingerprint density at radius 1 is 1.13 bits per heavy atom. The maximum absolute atomic E-state index is 12.9. The minimum atomic E-state index is -0.273. The van der Waals surface area contributed by atoms with Crippen molar-refractivity contribution in [2.75, 3.05) is 19.6 Å². The van der Waals surface area contributed by atoms with E-state index in [9.17, 15) is 4.79 Å². The summed E-state index contributed by atoms with van der Waals surface area (Å²) in [5.74, 6) is 0.191. The molecule has 1 aromatic heterocycles. The Balaban J connectivity index is 1.67. The van der Waals surface area contributed by atoms with Gasteiger partial charge in [-0.2, -0.15) is 5.10 Å². The van der Waals surface area contributed by atoms with Crippen LogP contribution in [0.1, 0.15) is 30.9 Å². The standard InChI is InChI=1S/C18H24N4O/c23-18(21-12-5-2-6-13-21)17(16-8-3-1-4-9-16)19-11-15-22-14-7-10-20-22/h1,3-4,7-10,14,17,19H,2,5-6,11-13,15H2. The third kappa shape index (κ3) is 4.20. The van der Waals surface area contributed by atoms with Crippen LogP contribution >= 0.6 is 0 Å². The molecule has 0 aliphatic carbocycles. The molecular formula is C18H24N4O. The lowest BCUT2D eigenvalue weighted by Gasteiger charge is -2.31. The fourth-order valence-corrected chi connectivity index (χ4v) is 3.05. The second kappa shape index (κ2) is 7.92. The van der Waals surface area contributed by atoms with Crippen molar-refractivity contribution in [3.8, 4) is 0 Å². The van der Waals surface area contributed by atoms with Gasteiger partial charge >= 0.3 is 0 Å². The maximum atomic E-state index is 12.9. The van der Waals surface area contributed by atoms with E-state index < -0.39 is 0 Å². The third-order valence-corrected chi connectivity index (χ3v) is 4.30. The van der Waals surface area contributed by atoms with Gasteiger partial charge in [-0.25, -0.2) is 0 Å². The van der Waals surface area contributed by atoms with E-state index in [1.165, 1.54) is 6.42 Å². The summed E-state index contributed by atoms with van der Waals surface area (Å²) in [6.45, 7) is 3.22. The van der Waals surface area contributed by atoms with Crippen LogP contribution in [0.4, 0.5) is 0 Å². The molecule has 5 nitrogen and oxygen atoms in total. The van der Waals surface area contributed by atoms with Crippen molar-refractivity contribution >= 4 is 5.91 Å². The normalized spacial score (nSPS) is 16.3. The van der Waals surface area contributed by atoms with Crippen molar-refractivity contribution in [3.05, 3.63) is 54.4 Å². The van der Waals surface area contributed by atoms with E-state index in [0.29, 0.717) is 6.54 Å². The summed E-state index contributed by atoms with van der Waals surface area (Å²) in [6.07, 6.45) is 7.16. The molecule has 1 aliphatic heterocycles. The number of carbonyl (C=O) groups excluding carboxylic acids is 1. The number of piperidine rings is 1. The largest absolute Gasteiger partial charge is 0.341 e. The third-order valence-electron chi connectivity index (χ3n) is 4.30. The van der Waals surface area contributed by atoms with Crippen molar-refractivity contribution in [3.63, 3.8) is 0 Å². The molecule has 1 N–H and O–H groups in total. The second-order valence-corrected chi connectivity index (χ2v) is 5.95. The number of hydrogen-bond acceptors (Lipinski definition) is 3. The molecule has 1 aromatic carbocycles. The number of benzene rings is 1. The van der Waals surface area contributed by atoms with Gasteiger partial charge in [0.25, 0.3) is 0 Å². The molecule has 2 aromatic rings. The van der Waals surface area contributed by atoms with E-state index >= 15 is 0 Å². The van der Waals surface area contributed by atoms with Gasteiger partial charge in [0, 0.05) is 32.0 Å². The van der Waals surface area contributed by atoms with Crippen LogP contribution < -0.4 is 5.32 Å². The Hall–Kier alpha value is -2.14. The van der Waals surface area contributed by atoms with E-state index in [1.807, 2.05) is 52.2 Å². The van der Waals surface area contributed by atoms with Crippen molar-refractivity contribution in [1.29, 1.82) is 0 Å². The first-order valence-electron chi connectivity index (χ1n) is 8.39. The van der Waals surface area contributed by atoms with Crippen LogP contribution in [-0.4, -0.2) is 40.2 Å². The summed E-state index contributed by atoms with van der Waals surface area (Å²) in [6, 6.07) is 11.6. The number of hydrogen-bond donors (Lipinski definition) is 1. The van der Waals surface area contributed by atoms with Gasteiger partial charge in [-0.15, -0.1) is 0 Å². The predicted molar refractivity (Wildman–Crippen MR) is 89.8 cm³/mol. The Morgan fingerprint density at radius 2 is 1.91 bits per heavy atom. The number of nitrogens with one attached hydrogen (secondary N) is 1. The van der Waals surface area contributed by atoms with Crippen LogP contribution in [0.25, 0.3) is 0 Å². The summed E-state index contributed by atoms with van der Waals surface area (Å²) in [5.41, 5.74) is 1.03. The van der Waals surface area contributed by atoms with Crippen LogP contribution in [0.3, 0.4) is 0 Å². The molecular weight excluding hydrogens is 288 g/mol. The van der Waals surface area contributed by atoms with E-state index in [2.05, 4.69) is 10.4 Å². The zero-order valence-corrected chi connectivity index (χ0v) is 13.4. The molecule has 1 amide bonds. The number of amides is 1. The average Bonchev–Trinajstić information content (AvgIpc) is 3.13. The topological polar surface area (TPSA) is 50.2 Å². The Bertz CT molecular complexity index is 591. The molecule has 0 bridgehead atoms. The predicted octanol–water partition coefficient (Wildman–Crippen LogP) is 2.23. The molecule has 0 spiro atoms. The molecule has 1 fully saturated rings. The van der Waals surface area contributed by atoms with E-state index in [0.717, 1.165) is 38.0 Å². The molecule has 23 heavy (non-hydrogen) atoms. The van der Waals surface area contributed by atoms with Crippen LogP contribution in [0.5, 0.6) is 0 Å². The molecule has 0 saturated carbocycles. The van der Waals surface area contributed by atoms with Gasteiger partial charge in [-0.3, -0.25) is 9.48 Å². The van der Waals surface area contributed by atoms with Crippen LogP contribution in [-0.2, 0) is 11.3 Å². The smallest absolute Gasteiger partial charge is 0.244 e. The summed E-state index contributed by atoms with van der Waals surface area (Å²) in [7, 11) is 0. The Morgan fingerprint density at radius 3 is 2.61 bits per heavy atom. The molecule has 122 valence electrons. The van der Waals surface area contributed by atoms with E-state index in [-0.39, 0.29) is 11.9 Å². The van der Waals surface area contributed by atoms with E-state index in [1.54, 1.807) is 6.20 Å². The highest BCUT2D eigenvalue weighted by Crippen LogP contribution is 2.19. The zero-order chi connectivity index (χ0) is 15.9. The monoisotopic (exact) mass is 312 g/mol. The Labute approximate surface area is 137 Å². The van der Waals surface area contributed by atoms with Crippen molar-refractivity contribution < 1.29 is 4.79 Å². The van der Waals surface area contributed by atoms with Gasteiger partial charge in [-0.1, -0.05) is 30.3 Å². The number of carbonyl (C=O) groups is 1. The average molecular weight is 312 g/mol. The number of likely N-dealkylation sites (tertiary alicyclic amines) is 1. The minimum Gasteiger partial charge on any atom is -0.341 e. The van der Waals surface area contributed by atoms with Gasteiger partial charge < -0.3 is 10.2 Å². The first kappa shape index (κ1) is 15.7. The summed E-state index contributed by atoms with van der Waals surface area (Å²) < 4.78 is 1.88. The summed E-state index contributed by atoms with van der Waals surface area (Å²) >= 11 is 0. The first-order valence-corrected chi connectivity index (χ1v) is 8.39. The lowest BCUT2D eigenvalue weighted by Crippen LogP contribution is -2.44. The number of rotatable bonds is 6. The summed E-state index contributed by atoms with van der Waals surface area (Å²) in [5, 5.41) is 7.62. The first-order chi connectivity index (χ1) is 11.3. The molecule has 1 atom stereocenters. The van der Waals surface area contributed by atoms with Crippen molar-refractivity contribution in [2.45, 2.75) is 31.8 Å². The number of aromatic nitrogens is 2. The maximum Gasteiger partial charge on any atom is 0.244 e. The highest BCUT2D eigenvalue weighted by atomic mass is 16.2. The number of nitrogens with zero attached hydrogens (tertiary/aromatic N) is 3. The molecule has 5 heteroatoms. The van der Waals surface area contributed by atoms with Gasteiger partial charge in [0.05, 0.1) is 6.54 Å². The van der Waals surface area contributed by atoms with Crippen LogP contribution in [0.15, 0.2) is 48.8 Å². The van der Waals surface area contributed by atoms with Crippen LogP contribution in [0, 0.1) is 0 Å². The second-order valence-electron chi connectivity index (χ2n) is 5.95. The lowest BCUT2D eigenvalue weighted by atomic mass is 10.0. The molecule has 0 radical (unpaired) electrons. The molecule has 2 heterocycles. The minimum absolute atomic E-state index is 0.191. The zero-order valence-electron chi connectivity index (χ0n) is 13.4. The quantitative estimate of drug-likeness (QED) is 0.890. The van der Waals surface area contributed by atoms with E-state index in [4.69, 9.17) is 0 Å². The van der Waals surface area contributed by atoms with Crippen molar-refractivity contribution in [2.24, 2.45) is 0 Å². The molecule has 1 aliphatic rings. The molecule has 3 rings (SSSR count). The fraction of sp³-hybridized carbons (Fsp3) is 0.444. The van der Waals surface area contributed by atoms with Crippen molar-refractivity contribution in [1.82, 2.24) is 20.0 Å². The van der Waals surface area contributed by atoms with Gasteiger partial charge in [-0.05, 0) is 30.9 Å².